The van der Waals surface area contributed by atoms with Crippen LogP contribution in [0.3, 0.4) is 0 Å². The molecule has 1 N–H and O–H groups in total. The molecule has 0 spiro atoms. The summed E-state index contributed by atoms with van der Waals surface area (Å²) in [5.74, 6) is 0. The Balaban J connectivity index is 1.48. The molecule has 3 nitrogen and oxygen atoms in total. The van der Waals surface area contributed by atoms with E-state index in [2.05, 4.69) is 88.0 Å². The van der Waals surface area contributed by atoms with Crippen LogP contribution in [0.5, 0.6) is 0 Å². The van der Waals surface area contributed by atoms with Gasteiger partial charge in [0.05, 0.1) is 11.2 Å². The summed E-state index contributed by atoms with van der Waals surface area (Å²) in [6.45, 7) is 0. The van der Waals surface area contributed by atoms with Crippen molar-refractivity contribution >= 4 is 33.8 Å². The Morgan fingerprint density at radius 2 is 1.56 bits per heavy atom. The monoisotopic (exact) mass is 347 g/mol. The van der Waals surface area contributed by atoms with Gasteiger partial charge in [-0.3, -0.25) is 10.1 Å². The van der Waals surface area contributed by atoms with Gasteiger partial charge >= 0.3 is 0 Å². The van der Waals surface area contributed by atoms with E-state index in [9.17, 15) is 0 Å². The van der Waals surface area contributed by atoms with E-state index >= 15 is 0 Å². The van der Waals surface area contributed by atoms with Crippen LogP contribution >= 0.6 is 0 Å². The molecule has 0 fully saturated rings. The molecule has 0 radical (unpaired) electrons. The van der Waals surface area contributed by atoms with Gasteiger partial charge in [-0.25, -0.2) is 0 Å². The Morgan fingerprint density at radius 1 is 0.704 bits per heavy atom. The van der Waals surface area contributed by atoms with Crippen molar-refractivity contribution < 1.29 is 0 Å². The van der Waals surface area contributed by atoms with Crippen LogP contribution < -0.4 is 0 Å². The third-order valence-corrected chi connectivity index (χ3v) is 4.81. The molecule has 5 aromatic rings. The van der Waals surface area contributed by atoms with Gasteiger partial charge in [-0.2, -0.15) is 5.10 Å². The number of aromatic amines is 1. The molecule has 0 aliphatic rings. The van der Waals surface area contributed by atoms with Crippen LogP contribution in [0, 0.1) is 0 Å². The van der Waals surface area contributed by atoms with Gasteiger partial charge in [-0.15, -0.1) is 0 Å². The first-order chi connectivity index (χ1) is 13.4. The van der Waals surface area contributed by atoms with E-state index in [4.69, 9.17) is 0 Å². The van der Waals surface area contributed by atoms with E-state index < -0.39 is 0 Å². The molecule has 0 aliphatic heterocycles. The second kappa shape index (κ2) is 6.54. The third-order valence-electron chi connectivity index (χ3n) is 4.81. The minimum absolute atomic E-state index is 0.944. The van der Waals surface area contributed by atoms with Crippen LogP contribution in [-0.2, 0) is 0 Å². The Hall–Kier alpha value is -3.72. The molecule has 0 amide bonds. The maximum absolute atomic E-state index is 4.48. The van der Waals surface area contributed by atoms with Crippen molar-refractivity contribution in [2.75, 3.05) is 0 Å². The van der Waals surface area contributed by atoms with Gasteiger partial charge in [0, 0.05) is 17.8 Å². The molecular weight excluding hydrogens is 330 g/mol. The zero-order chi connectivity index (χ0) is 18.1. The number of rotatable bonds is 3. The van der Waals surface area contributed by atoms with E-state index in [1.807, 2.05) is 24.5 Å². The molecule has 2 heterocycles. The van der Waals surface area contributed by atoms with Crippen molar-refractivity contribution in [1.29, 1.82) is 0 Å². The maximum Gasteiger partial charge on any atom is 0.0927 e. The summed E-state index contributed by atoms with van der Waals surface area (Å²) in [4.78, 5) is 4.08. The van der Waals surface area contributed by atoms with Crippen LogP contribution in [0.15, 0.2) is 85.2 Å². The molecular formula is C24H17N3. The van der Waals surface area contributed by atoms with Gasteiger partial charge in [0.1, 0.15) is 0 Å². The van der Waals surface area contributed by atoms with Gasteiger partial charge in [0.25, 0.3) is 0 Å². The first kappa shape index (κ1) is 15.5. The molecule has 128 valence electrons. The predicted molar refractivity (Wildman–Crippen MR) is 112 cm³/mol. The molecule has 0 saturated heterocycles. The molecule has 0 saturated carbocycles. The Labute approximate surface area is 157 Å². The van der Waals surface area contributed by atoms with Crippen LogP contribution in [0.4, 0.5) is 0 Å². The zero-order valence-electron chi connectivity index (χ0n) is 14.6. The lowest BCUT2D eigenvalue weighted by atomic mass is 10.0. The van der Waals surface area contributed by atoms with E-state index in [-0.39, 0.29) is 0 Å². The fourth-order valence-electron chi connectivity index (χ4n) is 3.38. The highest BCUT2D eigenvalue weighted by molar-refractivity contribution is 5.93. The van der Waals surface area contributed by atoms with E-state index in [1.165, 1.54) is 16.3 Å². The number of hydrogen-bond acceptors (Lipinski definition) is 2. The number of nitrogens with one attached hydrogen (secondary N) is 1. The van der Waals surface area contributed by atoms with Crippen molar-refractivity contribution in [2.24, 2.45) is 0 Å². The summed E-state index contributed by atoms with van der Waals surface area (Å²) < 4.78 is 0. The van der Waals surface area contributed by atoms with Gasteiger partial charge < -0.3 is 0 Å². The third kappa shape index (κ3) is 3.00. The number of aromatic nitrogens is 3. The molecule has 0 bridgehead atoms. The van der Waals surface area contributed by atoms with Crippen molar-refractivity contribution in [3.8, 4) is 11.1 Å². The maximum atomic E-state index is 4.48. The largest absolute Gasteiger partial charge is 0.277 e. The molecule has 0 unspecified atom stereocenters. The lowest BCUT2D eigenvalue weighted by Gasteiger charge is -2.01. The highest BCUT2D eigenvalue weighted by Crippen LogP contribution is 2.25. The summed E-state index contributed by atoms with van der Waals surface area (Å²) in [6, 6.07) is 25.3. The Bertz CT molecular complexity index is 1270. The van der Waals surface area contributed by atoms with E-state index in [1.54, 1.807) is 0 Å². The van der Waals surface area contributed by atoms with Crippen LogP contribution in [-0.4, -0.2) is 15.2 Å². The Morgan fingerprint density at radius 3 is 2.44 bits per heavy atom. The average Bonchev–Trinajstić information content (AvgIpc) is 3.15. The van der Waals surface area contributed by atoms with Crippen LogP contribution in [0.2, 0.25) is 0 Å². The lowest BCUT2D eigenvalue weighted by Crippen LogP contribution is -1.79. The van der Waals surface area contributed by atoms with Crippen molar-refractivity contribution in [3.63, 3.8) is 0 Å². The van der Waals surface area contributed by atoms with E-state index in [0.29, 0.717) is 0 Å². The fourth-order valence-corrected chi connectivity index (χ4v) is 3.38. The first-order valence-electron chi connectivity index (χ1n) is 8.92. The SMILES string of the molecule is C(=Cc1n[nH]c2cc(-c3ccncc3)ccc12)c1ccc2ccccc2c1. The predicted octanol–water partition coefficient (Wildman–Crippen LogP) is 5.95. The smallest absolute Gasteiger partial charge is 0.0927 e. The highest BCUT2D eigenvalue weighted by atomic mass is 15.1. The molecule has 2 aromatic heterocycles. The first-order valence-corrected chi connectivity index (χ1v) is 8.92. The van der Waals surface area contributed by atoms with Gasteiger partial charge in [0.2, 0.25) is 0 Å². The summed E-state index contributed by atoms with van der Waals surface area (Å²) >= 11 is 0. The molecule has 5 rings (SSSR count). The fraction of sp³-hybridized carbons (Fsp3) is 0. The standard InChI is InChI=1S/C24H17N3/c1-2-4-20-15-17(5-7-18(20)3-1)6-10-23-22-9-8-21(16-24(22)27-26-23)19-11-13-25-14-12-19/h1-16H,(H,26,27). The number of H-pyrrole nitrogens is 1. The van der Waals surface area contributed by atoms with Gasteiger partial charge in [-0.1, -0.05) is 48.5 Å². The second-order valence-corrected chi connectivity index (χ2v) is 6.55. The number of pyridine rings is 1. The second-order valence-electron chi connectivity index (χ2n) is 6.55. The molecule has 0 aliphatic carbocycles. The van der Waals surface area contributed by atoms with Crippen molar-refractivity contribution in [1.82, 2.24) is 15.2 Å². The van der Waals surface area contributed by atoms with Crippen molar-refractivity contribution in [3.05, 3.63) is 96.4 Å². The normalized spacial score (nSPS) is 11.6. The number of benzene rings is 3. The zero-order valence-corrected chi connectivity index (χ0v) is 14.6. The number of fused-ring (bicyclic) bond motifs is 2. The van der Waals surface area contributed by atoms with E-state index in [0.717, 1.165) is 27.7 Å². The van der Waals surface area contributed by atoms with Crippen LogP contribution in [0.1, 0.15) is 11.3 Å². The van der Waals surface area contributed by atoms with Crippen molar-refractivity contribution in [2.45, 2.75) is 0 Å². The molecule has 3 heteroatoms. The van der Waals surface area contributed by atoms with Gasteiger partial charge in [-0.05, 0) is 63.9 Å². The topological polar surface area (TPSA) is 41.6 Å². The summed E-state index contributed by atoms with van der Waals surface area (Å²) in [5, 5.41) is 11.2. The summed E-state index contributed by atoms with van der Waals surface area (Å²) in [5.41, 5.74) is 5.44. The summed E-state index contributed by atoms with van der Waals surface area (Å²) in [7, 11) is 0. The molecule has 27 heavy (non-hydrogen) atoms. The number of hydrogen-bond donors (Lipinski definition) is 1. The Kier molecular flexibility index (Phi) is 3.76. The number of nitrogens with zero attached hydrogens (tertiary/aromatic N) is 2. The minimum Gasteiger partial charge on any atom is -0.277 e. The van der Waals surface area contributed by atoms with Gasteiger partial charge in [0.15, 0.2) is 0 Å². The van der Waals surface area contributed by atoms with Crippen LogP contribution in [0.25, 0.3) is 45.0 Å². The highest BCUT2D eigenvalue weighted by Gasteiger charge is 2.05. The lowest BCUT2D eigenvalue weighted by molar-refractivity contribution is 1.11. The minimum atomic E-state index is 0.944. The molecule has 0 atom stereocenters. The summed E-state index contributed by atoms with van der Waals surface area (Å²) in [6.07, 6.45) is 7.79. The average molecular weight is 347 g/mol. The molecule has 3 aromatic carbocycles. The quantitative estimate of drug-likeness (QED) is 0.438.